The third-order valence-corrected chi connectivity index (χ3v) is 7.23. The molecule has 1 amide bonds. The molecule has 2 aromatic rings. The van der Waals surface area contributed by atoms with Crippen LogP contribution < -0.4 is 4.72 Å². The molecule has 2 aromatic carbocycles. The summed E-state index contributed by atoms with van der Waals surface area (Å²) in [5, 5.41) is 0.458. The number of nitrogens with one attached hydrogen (secondary N) is 1. The van der Waals surface area contributed by atoms with E-state index in [9.17, 15) is 22.4 Å². The van der Waals surface area contributed by atoms with Crippen molar-refractivity contribution in [1.82, 2.24) is 14.5 Å². The number of carbonyl (C=O) groups excluding carboxylic acids is 2. The Hall–Kier alpha value is -2.53. The van der Waals surface area contributed by atoms with Crippen molar-refractivity contribution in [2.45, 2.75) is 17.4 Å². The first kappa shape index (κ1) is 25.1. The van der Waals surface area contributed by atoms with Gasteiger partial charge in [0, 0.05) is 44.2 Å². The third-order valence-electron chi connectivity index (χ3n) is 5.41. The van der Waals surface area contributed by atoms with Gasteiger partial charge in [-0.2, -0.15) is 0 Å². The predicted octanol–water partition coefficient (Wildman–Crippen LogP) is 2.21. The first-order valence-corrected chi connectivity index (χ1v) is 12.2. The van der Waals surface area contributed by atoms with Gasteiger partial charge in [0.1, 0.15) is 11.9 Å². The van der Waals surface area contributed by atoms with Crippen LogP contribution in [0.3, 0.4) is 0 Å². The summed E-state index contributed by atoms with van der Waals surface area (Å²) >= 11 is 6.29. The molecule has 0 aromatic heterocycles. The van der Waals surface area contributed by atoms with Crippen molar-refractivity contribution in [1.29, 1.82) is 0 Å². The van der Waals surface area contributed by atoms with Crippen LogP contribution in [0.4, 0.5) is 4.39 Å². The molecule has 178 valence electrons. The Kier molecular flexibility index (Phi) is 8.41. The van der Waals surface area contributed by atoms with Crippen molar-refractivity contribution in [2.75, 3.05) is 39.8 Å². The second-order valence-corrected chi connectivity index (χ2v) is 9.64. The van der Waals surface area contributed by atoms with Gasteiger partial charge in [0.05, 0.1) is 12.0 Å². The molecule has 11 heteroatoms. The summed E-state index contributed by atoms with van der Waals surface area (Å²) in [6.45, 7) is 1.53. The third kappa shape index (κ3) is 6.29. The van der Waals surface area contributed by atoms with Crippen LogP contribution in [0.2, 0.25) is 5.02 Å². The largest absolute Gasteiger partial charge is 0.468 e. The highest BCUT2D eigenvalue weighted by Gasteiger charge is 2.33. The summed E-state index contributed by atoms with van der Waals surface area (Å²) in [6.07, 6.45) is -0.0225. The molecule has 8 nitrogen and oxygen atoms in total. The summed E-state index contributed by atoms with van der Waals surface area (Å²) in [5.74, 6) is -1.17. The number of esters is 1. The summed E-state index contributed by atoms with van der Waals surface area (Å²) < 4.78 is 44.8. The molecule has 1 fully saturated rings. The number of amides is 1. The molecule has 1 saturated heterocycles. The molecule has 1 N–H and O–H groups in total. The van der Waals surface area contributed by atoms with Crippen LogP contribution in [0.15, 0.2) is 53.4 Å². The molecule has 33 heavy (non-hydrogen) atoms. The van der Waals surface area contributed by atoms with E-state index >= 15 is 0 Å². The zero-order valence-corrected chi connectivity index (χ0v) is 19.6. The average molecular weight is 498 g/mol. The number of hydrogen-bond acceptors (Lipinski definition) is 6. The van der Waals surface area contributed by atoms with E-state index in [1.807, 2.05) is 4.90 Å². The minimum absolute atomic E-state index is 0.0225. The lowest BCUT2D eigenvalue weighted by molar-refractivity contribution is -0.148. The molecule has 0 radical (unpaired) electrons. The molecular weight excluding hydrogens is 473 g/mol. The van der Waals surface area contributed by atoms with E-state index in [0.717, 1.165) is 24.3 Å². The van der Waals surface area contributed by atoms with Crippen LogP contribution in [0, 0.1) is 5.82 Å². The van der Waals surface area contributed by atoms with Crippen LogP contribution >= 0.6 is 11.6 Å². The van der Waals surface area contributed by atoms with Crippen molar-refractivity contribution < 1.29 is 27.1 Å². The predicted molar refractivity (Wildman–Crippen MR) is 121 cm³/mol. The smallest absolute Gasteiger partial charge is 0.327 e. The normalized spacial score (nSPS) is 15.8. The quantitative estimate of drug-likeness (QED) is 0.562. The number of rotatable bonds is 8. The van der Waals surface area contributed by atoms with Crippen LogP contribution in [-0.2, 0) is 24.3 Å². The molecular formula is C22H25ClFN3O5S. The van der Waals surface area contributed by atoms with Crippen molar-refractivity contribution in [3.8, 4) is 0 Å². The van der Waals surface area contributed by atoms with Gasteiger partial charge >= 0.3 is 5.97 Å². The number of nitrogens with zero attached hydrogens (tertiary/aromatic N) is 2. The van der Waals surface area contributed by atoms with Gasteiger partial charge in [0.15, 0.2) is 0 Å². The molecule has 1 unspecified atom stereocenters. The molecule has 0 aliphatic carbocycles. The van der Waals surface area contributed by atoms with Gasteiger partial charge in [-0.15, -0.1) is 0 Å². The van der Waals surface area contributed by atoms with Crippen molar-refractivity contribution in [3.05, 3.63) is 64.9 Å². The number of halogens is 2. The van der Waals surface area contributed by atoms with Gasteiger partial charge in [0.25, 0.3) is 0 Å². The lowest BCUT2D eigenvalue weighted by atomic mass is 10.0. The van der Waals surface area contributed by atoms with Gasteiger partial charge in [-0.1, -0.05) is 29.8 Å². The van der Waals surface area contributed by atoms with Crippen molar-refractivity contribution in [2.24, 2.45) is 0 Å². The average Bonchev–Trinajstić information content (AvgIpc) is 2.81. The monoisotopic (exact) mass is 497 g/mol. The van der Waals surface area contributed by atoms with Gasteiger partial charge < -0.3 is 9.64 Å². The Labute approximate surface area is 197 Å². The number of sulfonamides is 1. The SMILES string of the molecule is COC(=O)C(c1ccccc1Cl)N1CCN(C(=O)CCNS(=O)(=O)c2ccc(F)cc2)CC1. The van der Waals surface area contributed by atoms with E-state index in [2.05, 4.69) is 4.72 Å². The molecule has 1 aliphatic rings. The molecule has 0 spiro atoms. The molecule has 0 bridgehead atoms. The van der Waals surface area contributed by atoms with E-state index in [4.69, 9.17) is 16.3 Å². The highest BCUT2D eigenvalue weighted by Crippen LogP contribution is 2.29. The van der Waals surface area contributed by atoms with Crippen molar-refractivity contribution in [3.63, 3.8) is 0 Å². The summed E-state index contributed by atoms with van der Waals surface area (Å²) in [4.78, 5) is 28.5. The Balaban J connectivity index is 1.54. The first-order chi connectivity index (χ1) is 15.7. The van der Waals surface area contributed by atoms with Crippen LogP contribution in [0.5, 0.6) is 0 Å². The van der Waals surface area contributed by atoms with Crippen molar-refractivity contribution >= 4 is 33.5 Å². The second-order valence-electron chi connectivity index (χ2n) is 7.47. The molecule has 0 saturated carbocycles. The fourth-order valence-electron chi connectivity index (χ4n) is 3.66. The molecule has 1 aliphatic heterocycles. The Morgan fingerprint density at radius 2 is 1.73 bits per heavy atom. The van der Waals surface area contributed by atoms with E-state index in [1.165, 1.54) is 7.11 Å². The van der Waals surface area contributed by atoms with Gasteiger partial charge in [0.2, 0.25) is 15.9 Å². The summed E-state index contributed by atoms with van der Waals surface area (Å²) in [6, 6.07) is 10.8. The molecule has 1 atom stereocenters. The van der Waals surface area contributed by atoms with Gasteiger partial charge in [-0.25, -0.2) is 22.3 Å². The van der Waals surface area contributed by atoms with Crippen LogP contribution in [0.1, 0.15) is 18.0 Å². The number of methoxy groups -OCH3 is 1. The number of hydrogen-bond donors (Lipinski definition) is 1. The van der Waals surface area contributed by atoms with Gasteiger partial charge in [-0.3, -0.25) is 9.69 Å². The molecule has 3 rings (SSSR count). The zero-order chi connectivity index (χ0) is 24.0. The zero-order valence-electron chi connectivity index (χ0n) is 18.0. The maximum Gasteiger partial charge on any atom is 0.327 e. The minimum Gasteiger partial charge on any atom is -0.468 e. The Morgan fingerprint density at radius 3 is 2.33 bits per heavy atom. The molecule has 1 heterocycles. The number of ether oxygens (including phenoxy) is 1. The Bertz CT molecular complexity index is 1090. The van der Waals surface area contributed by atoms with Crippen LogP contribution in [0.25, 0.3) is 0 Å². The number of benzene rings is 2. The Morgan fingerprint density at radius 1 is 1.09 bits per heavy atom. The van der Waals surface area contributed by atoms with Crippen LogP contribution in [-0.4, -0.2) is 69.9 Å². The second kappa shape index (κ2) is 11.1. The van der Waals surface area contributed by atoms with E-state index in [1.54, 1.807) is 29.2 Å². The maximum atomic E-state index is 13.0. The fraction of sp³-hybridized carbons (Fsp3) is 0.364. The number of piperazine rings is 1. The standard InChI is InChI=1S/C22H25ClFN3O5S/c1-32-22(29)21(18-4-2-3-5-19(18)23)27-14-12-26(13-15-27)20(28)10-11-25-33(30,31)17-8-6-16(24)7-9-17/h2-9,21,25H,10-15H2,1H3. The lowest BCUT2D eigenvalue weighted by Crippen LogP contribution is -2.51. The summed E-state index contributed by atoms with van der Waals surface area (Å²) in [7, 11) is -2.51. The minimum atomic E-state index is -3.83. The number of carbonyl (C=O) groups is 2. The van der Waals surface area contributed by atoms with E-state index < -0.39 is 27.9 Å². The first-order valence-electron chi connectivity index (χ1n) is 10.3. The highest BCUT2D eigenvalue weighted by atomic mass is 35.5. The summed E-state index contributed by atoms with van der Waals surface area (Å²) in [5.41, 5.74) is 0.640. The van der Waals surface area contributed by atoms with Gasteiger partial charge in [-0.05, 0) is 35.9 Å². The topological polar surface area (TPSA) is 96.0 Å². The van der Waals surface area contributed by atoms with E-state index in [-0.39, 0.29) is 23.8 Å². The highest BCUT2D eigenvalue weighted by molar-refractivity contribution is 7.89. The fourth-order valence-corrected chi connectivity index (χ4v) is 4.93. The maximum absolute atomic E-state index is 13.0. The van der Waals surface area contributed by atoms with E-state index in [0.29, 0.717) is 36.8 Å². The lowest BCUT2D eigenvalue weighted by Gasteiger charge is -2.38.